The molecule has 3 saturated heterocycles. The number of ketones is 1. The van der Waals surface area contributed by atoms with E-state index < -0.39 is 58.4 Å². The average molecular weight is 868 g/mol. The molecule has 7 rings (SSSR count). The summed E-state index contributed by atoms with van der Waals surface area (Å²) in [6.45, 7) is 25.9. The lowest BCUT2D eigenvalue weighted by Crippen LogP contribution is -2.78. The number of carbonyl (C=O) groups excluding carboxylic acids is 3. The molecule has 13 nitrogen and oxygen atoms in total. The van der Waals surface area contributed by atoms with Crippen molar-refractivity contribution in [3.05, 3.63) is 34.9 Å². The smallest absolute Gasteiger partial charge is 0.412 e. The first kappa shape index (κ1) is 46.8. The summed E-state index contributed by atoms with van der Waals surface area (Å²) < 4.78 is 50.7. The SMILES string of the molecule is CCC1O[C@H]2C[C@H]3OC[C@@]3(OC(C)=O)[C@H]3[C@H](C)[C@]4(C(C)(C)O)C[C@H](CC(=O)[C@@H]5OC(c6ccc(OC)cc6OC)N(C(=O)OC(C)(C)C)C5CC(C)C)C(C)=C4[C@H](C)[C@H](O1)[C@]23C. The largest absolute Gasteiger partial charge is 0.497 e. The Bertz CT molecular complexity index is 1930. The van der Waals surface area contributed by atoms with Crippen LogP contribution in [0.1, 0.15) is 134 Å². The first-order chi connectivity index (χ1) is 28.9. The summed E-state index contributed by atoms with van der Waals surface area (Å²) in [4.78, 5) is 44.2. The Morgan fingerprint density at radius 2 is 1.71 bits per heavy atom. The van der Waals surface area contributed by atoms with E-state index in [2.05, 4.69) is 48.5 Å². The van der Waals surface area contributed by atoms with Crippen molar-refractivity contribution in [3.63, 3.8) is 0 Å². The fourth-order valence-electron chi connectivity index (χ4n) is 13.4. The van der Waals surface area contributed by atoms with Gasteiger partial charge in [-0.25, -0.2) is 4.79 Å². The molecule has 5 fully saturated rings. The molecule has 6 aliphatic rings. The molecule has 13 heteroatoms. The molecule has 3 unspecified atom stereocenters. The normalized spacial score (nSPS) is 39.0. The Balaban J connectivity index is 1.32. The number of methoxy groups -OCH3 is 2. The number of hydrogen-bond acceptors (Lipinski definition) is 12. The maximum Gasteiger partial charge on any atom is 0.412 e. The van der Waals surface area contributed by atoms with Crippen molar-refractivity contribution in [3.8, 4) is 11.5 Å². The second-order valence-corrected chi connectivity index (χ2v) is 21.3. The summed E-state index contributed by atoms with van der Waals surface area (Å²) in [6.07, 6.45) is -1.60. The van der Waals surface area contributed by atoms with Crippen LogP contribution in [0.15, 0.2) is 29.3 Å². The summed E-state index contributed by atoms with van der Waals surface area (Å²) in [5.41, 5.74) is -1.76. The van der Waals surface area contributed by atoms with Crippen LogP contribution in [0.4, 0.5) is 4.79 Å². The standard InChI is InChI=1S/C49H73NO12/c1-16-38-58-36-22-37-49(24-57-37,61-29(7)51)41-28(6)48(46(11,12)54)23-30(26(4)39(48)27(5)42(59-38)47(36,41)13)20-34(52)40-33(19-25(2)3)50(44(53)62-45(8,9)10)43(60-40)32-18-17-31(55-14)21-35(32)56-15/h17-18,21,25,27-28,30,33,36-38,40-43,54H,16,19-20,22-24H2,1-15H3/t27-,28-,30-,33?,36-,37+,38?,40+,41-,42-,43?,47+,48+,49-/m0/s1. The van der Waals surface area contributed by atoms with Crippen molar-refractivity contribution in [2.75, 3.05) is 20.8 Å². The molecule has 1 aromatic rings. The molecule has 346 valence electrons. The van der Waals surface area contributed by atoms with Gasteiger partial charge in [-0.3, -0.25) is 14.5 Å². The molecular formula is C49H73NO12. The predicted molar refractivity (Wildman–Crippen MR) is 230 cm³/mol. The first-order valence-corrected chi connectivity index (χ1v) is 22.9. The number of carbonyl (C=O) groups is 3. The summed E-state index contributed by atoms with van der Waals surface area (Å²) in [5, 5.41) is 12.8. The lowest BCUT2D eigenvalue weighted by atomic mass is 9.47. The second-order valence-electron chi connectivity index (χ2n) is 21.3. The predicted octanol–water partition coefficient (Wildman–Crippen LogP) is 8.34. The monoisotopic (exact) mass is 868 g/mol. The number of amides is 1. The Labute approximate surface area is 368 Å². The van der Waals surface area contributed by atoms with Gasteiger partial charge in [0.1, 0.15) is 29.3 Å². The van der Waals surface area contributed by atoms with E-state index >= 15 is 4.79 Å². The lowest BCUT2D eigenvalue weighted by molar-refractivity contribution is -0.394. The molecule has 14 atom stereocenters. The van der Waals surface area contributed by atoms with Crippen molar-refractivity contribution < 1.29 is 57.4 Å². The van der Waals surface area contributed by atoms with Crippen LogP contribution in [0.3, 0.4) is 0 Å². The van der Waals surface area contributed by atoms with E-state index in [1.807, 2.05) is 34.6 Å². The van der Waals surface area contributed by atoms with Gasteiger partial charge in [-0.2, -0.15) is 0 Å². The Morgan fingerprint density at radius 3 is 2.26 bits per heavy atom. The topological polar surface area (TPSA) is 149 Å². The zero-order valence-electron chi connectivity index (χ0n) is 39.8. The summed E-state index contributed by atoms with van der Waals surface area (Å²) in [5.74, 6) is -0.415. The number of nitrogens with zero attached hydrogens (tertiary/aromatic N) is 1. The van der Waals surface area contributed by atoms with Crippen molar-refractivity contribution in [2.45, 2.75) is 182 Å². The van der Waals surface area contributed by atoms with E-state index in [0.717, 1.165) is 11.1 Å². The number of rotatable bonds is 11. The molecule has 3 aliphatic heterocycles. The van der Waals surface area contributed by atoms with Crippen LogP contribution in [0, 0.1) is 40.4 Å². The number of aliphatic hydroxyl groups is 1. The summed E-state index contributed by atoms with van der Waals surface area (Å²) in [7, 11) is 3.12. The van der Waals surface area contributed by atoms with E-state index in [9.17, 15) is 14.7 Å². The molecule has 62 heavy (non-hydrogen) atoms. The maximum atomic E-state index is 15.3. The van der Waals surface area contributed by atoms with Crippen LogP contribution in [-0.2, 0) is 38.0 Å². The van der Waals surface area contributed by atoms with Crippen LogP contribution >= 0.6 is 0 Å². The minimum Gasteiger partial charge on any atom is -0.497 e. The van der Waals surface area contributed by atoms with E-state index in [0.29, 0.717) is 42.7 Å². The lowest BCUT2D eigenvalue weighted by Gasteiger charge is -2.68. The molecule has 1 N–H and O–H groups in total. The maximum absolute atomic E-state index is 15.3. The molecular weight excluding hydrogens is 795 g/mol. The first-order valence-electron chi connectivity index (χ1n) is 22.9. The Kier molecular flexibility index (Phi) is 12.3. The minimum absolute atomic E-state index is 0.103. The van der Waals surface area contributed by atoms with Gasteiger partial charge >= 0.3 is 12.1 Å². The average Bonchev–Trinajstić information content (AvgIpc) is 3.67. The highest BCUT2D eigenvalue weighted by molar-refractivity contribution is 5.86. The van der Waals surface area contributed by atoms with Crippen molar-refractivity contribution in [2.24, 2.45) is 40.4 Å². The van der Waals surface area contributed by atoms with Gasteiger partial charge in [0, 0.05) is 54.1 Å². The van der Waals surface area contributed by atoms with Gasteiger partial charge < -0.3 is 43.0 Å². The quantitative estimate of drug-likeness (QED) is 0.168. The fraction of sp³-hybridized carbons (Fsp3) is 0.776. The van der Waals surface area contributed by atoms with Crippen LogP contribution < -0.4 is 9.47 Å². The number of Topliss-reactive ketones (excluding diaryl/α,β-unsaturated/α-hetero) is 1. The van der Waals surface area contributed by atoms with Crippen LogP contribution in [0.2, 0.25) is 0 Å². The number of hydrogen-bond donors (Lipinski definition) is 1. The van der Waals surface area contributed by atoms with Crippen molar-refractivity contribution in [1.82, 2.24) is 4.90 Å². The van der Waals surface area contributed by atoms with Gasteiger partial charge in [-0.15, -0.1) is 0 Å². The van der Waals surface area contributed by atoms with Gasteiger partial charge in [-0.05, 0) is 90.7 Å². The molecule has 2 saturated carbocycles. The number of allylic oxidation sites excluding steroid dienone is 1. The molecule has 1 amide bonds. The van der Waals surface area contributed by atoms with Crippen molar-refractivity contribution in [1.29, 1.82) is 0 Å². The van der Waals surface area contributed by atoms with E-state index in [1.54, 1.807) is 37.3 Å². The van der Waals surface area contributed by atoms with E-state index in [-0.39, 0.29) is 72.7 Å². The number of ether oxygens (including phenoxy) is 8. The highest BCUT2D eigenvalue weighted by Crippen LogP contribution is 2.72. The molecule has 0 radical (unpaired) electrons. The van der Waals surface area contributed by atoms with Gasteiger partial charge in [0.2, 0.25) is 0 Å². The third kappa shape index (κ3) is 7.28. The molecule has 1 aromatic carbocycles. The van der Waals surface area contributed by atoms with Gasteiger partial charge in [0.25, 0.3) is 0 Å². The van der Waals surface area contributed by atoms with Gasteiger partial charge in [0.15, 0.2) is 23.9 Å². The minimum atomic E-state index is -1.28. The zero-order valence-corrected chi connectivity index (χ0v) is 39.8. The molecule has 0 aromatic heterocycles. The number of fused-ring (bicyclic) bond motifs is 3. The fourth-order valence-corrected chi connectivity index (χ4v) is 13.4. The number of benzene rings is 1. The molecule has 0 spiro atoms. The van der Waals surface area contributed by atoms with Crippen LogP contribution in [0.5, 0.6) is 11.5 Å². The highest BCUT2D eigenvalue weighted by Gasteiger charge is 2.78. The van der Waals surface area contributed by atoms with Gasteiger partial charge in [0.05, 0.1) is 44.7 Å². The van der Waals surface area contributed by atoms with E-state index in [1.165, 1.54) is 6.92 Å². The van der Waals surface area contributed by atoms with Gasteiger partial charge in [-0.1, -0.05) is 52.7 Å². The van der Waals surface area contributed by atoms with Crippen LogP contribution in [0.25, 0.3) is 0 Å². The highest BCUT2D eigenvalue weighted by atomic mass is 16.7. The summed E-state index contributed by atoms with van der Waals surface area (Å²) >= 11 is 0. The third-order valence-electron chi connectivity index (χ3n) is 15.7. The zero-order chi connectivity index (χ0) is 45.6. The molecule has 0 bridgehead atoms. The molecule has 3 aliphatic carbocycles. The molecule has 3 heterocycles. The van der Waals surface area contributed by atoms with E-state index in [4.69, 9.17) is 37.9 Å². The number of esters is 1. The third-order valence-corrected chi connectivity index (χ3v) is 15.7. The summed E-state index contributed by atoms with van der Waals surface area (Å²) in [6, 6.07) is 4.68. The van der Waals surface area contributed by atoms with Crippen LogP contribution in [-0.4, -0.2) is 102 Å². The Hall–Kier alpha value is -3.23. The second kappa shape index (κ2) is 16.3. The van der Waals surface area contributed by atoms with Crippen molar-refractivity contribution >= 4 is 17.8 Å². The Morgan fingerprint density at radius 1 is 1.02 bits per heavy atom.